The lowest BCUT2D eigenvalue weighted by molar-refractivity contribution is -0.137. The number of carbonyl (C=O) groups is 1. The second-order valence-electron chi connectivity index (χ2n) is 11.7. The van der Waals surface area contributed by atoms with Gasteiger partial charge in [-0.15, -0.1) is 0 Å². The highest BCUT2D eigenvalue weighted by Crippen LogP contribution is 2.42. The summed E-state index contributed by atoms with van der Waals surface area (Å²) >= 11 is 0. The molecule has 0 aromatic heterocycles. The first-order valence-electron chi connectivity index (χ1n) is 13.5. The van der Waals surface area contributed by atoms with E-state index in [1.807, 2.05) is 36.4 Å². The van der Waals surface area contributed by atoms with E-state index < -0.39 is 5.97 Å². The van der Waals surface area contributed by atoms with Crippen LogP contribution in [0.2, 0.25) is 0 Å². The fraction of sp³-hybridized carbons (Fsp3) is 0.424. The van der Waals surface area contributed by atoms with Crippen molar-refractivity contribution in [2.45, 2.75) is 71.8 Å². The predicted molar refractivity (Wildman–Crippen MR) is 149 cm³/mol. The van der Waals surface area contributed by atoms with E-state index in [2.05, 4.69) is 33.8 Å². The molecule has 0 bridgehead atoms. The van der Waals surface area contributed by atoms with Crippen LogP contribution < -0.4 is 9.47 Å². The smallest absolute Gasteiger partial charge is 0.303 e. The van der Waals surface area contributed by atoms with Crippen molar-refractivity contribution in [3.05, 3.63) is 83.2 Å². The molecule has 38 heavy (non-hydrogen) atoms. The number of carboxylic acids is 1. The minimum Gasteiger partial charge on any atom is -0.497 e. The number of hydrogen-bond acceptors (Lipinski definition) is 3. The van der Waals surface area contributed by atoms with Crippen molar-refractivity contribution < 1.29 is 23.8 Å². The summed E-state index contributed by atoms with van der Waals surface area (Å²) in [5.41, 5.74) is 4.42. The molecule has 0 aliphatic heterocycles. The van der Waals surface area contributed by atoms with Crippen molar-refractivity contribution in [1.82, 2.24) is 0 Å². The first-order chi connectivity index (χ1) is 18.0. The average Bonchev–Trinajstić information content (AvgIpc) is 3.70. The zero-order valence-corrected chi connectivity index (χ0v) is 23.1. The molecule has 4 rings (SSSR count). The van der Waals surface area contributed by atoms with Gasteiger partial charge in [0.05, 0.1) is 13.5 Å². The molecule has 5 heteroatoms. The Bertz CT molecular complexity index is 1270. The largest absolute Gasteiger partial charge is 0.497 e. The second-order valence-corrected chi connectivity index (χ2v) is 11.7. The van der Waals surface area contributed by atoms with Gasteiger partial charge in [0.25, 0.3) is 0 Å². The van der Waals surface area contributed by atoms with Gasteiger partial charge in [-0.1, -0.05) is 70.9 Å². The first kappa shape index (κ1) is 27.7. The van der Waals surface area contributed by atoms with Crippen LogP contribution in [0.5, 0.6) is 11.5 Å². The summed E-state index contributed by atoms with van der Waals surface area (Å²) in [4.78, 5) is 11.5. The fourth-order valence-corrected chi connectivity index (χ4v) is 4.94. The number of hydrogen-bond donors (Lipinski definition) is 1. The van der Waals surface area contributed by atoms with Gasteiger partial charge in [-0.05, 0) is 82.2 Å². The van der Waals surface area contributed by atoms with Gasteiger partial charge in [-0.2, -0.15) is 0 Å². The Hall–Kier alpha value is -3.34. The summed E-state index contributed by atoms with van der Waals surface area (Å²) < 4.78 is 26.5. The molecular formula is C33H39FO4. The molecule has 1 fully saturated rings. The highest BCUT2D eigenvalue weighted by molar-refractivity contribution is 5.71. The fourth-order valence-electron chi connectivity index (χ4n) is 4.94. The standard InChI is InChI=1S/C33H39FO4/c1-21(33(2,3)4)29-16-23(11-13-28(29)30-19-26(37-5)12-14-31(30)34)20-38-27-8-6-7-24(17-27)25(18-32(35)36)15-22-9-10-22/h6-8,11-14,16-17,19,21-22,25H,9-10,15,18,20H2,1-5H3,(H,35,36)/t21-,25-/m0/s1. The Labute approximate surface area is 225 Å². The van der Waals surface area contributed by atoms with Crippen LogP contribution in [0, 0.1) is 17.2 Å². The molecule has 0 saturated heterocycles. The monoisotopic (exact) mass is 518 g/mol. The van der Waals surface area contributed by atoms with Gasteiger partial charge < -0.3 is 14.6 Å². The molecule has 1 N–H and O–H groups in total. The van der Waals surface area contributed by atoms with E-state index in [1.165, 1.54) is 18.9 Å². The minimum atomic E-state index is -0.768. The van der Waals surface area contributed by atoms with Crippen LogP contribution in [-0.4, -0.2) is 18.2 Å². The zero-order valence-electron chi connectivity index (χ0n) is 23.1. The van der Waals surface area contributed by atoms with E-state index in [1.54, 1.807) is 19.2 Å². The van der Waals surface area contributed by atoms with Crippen molar-refractivity contribution in [3.63, 3.8) is 0 Å². The molecule has 3 aromatic carbocycles. The van der Waals surface area contributed by atoms with Crippen LogP contribution in [0.3, 0.4) is 0 Å². The SMILES string of the molecule is COc1ccc(F)c(-c2ccc(COc3cccc([C@H](CC(=O)O)CC4CC4)c3)cc2[C@H](C)C(C)(C)C)c1. The molecule has 0 unspecified atom stereocenters. The van der Waals surface area contributed by atoms with Gasteiger partial charge in [0.1, 0.15) is 23.9 Å². The lowest BCUT2D eigenvalue weighted by Crippen LogP contribution is -2.16. The lowest BCUT2D eigenvalue weighted by atomic mass is 9.75. The highest BCUT2D eigenvalue weighted by atomic mass is 19.1. The average molecular weight is 519 g/mol. The number of aliphatic carboxylic acids is 1. The normalized spacial score (nSPS) is 15.1. The topological polar surface area (TPSA) is 55.8 Å². The van der Waals surface area contributed by atoms with Gasteiger partial charge in [0, 0.05) is 5.56 Å². The number of ether oxygens (including phenoxy) is 2. The van der Waals surface area contributed by atoms with Crippen LogP contribution >= 0.6 is 0 Å². The Kier molecular flexibility index (Phi) is 8.44. The van der Waals surface area contributed by atoms with Crippen molar-refractivity contribution in [3.8, 4) is 22.6 Å². The van der Waals surface area contributed by atoms with Crippen LogP contribution in [0.25, 0.3) is 11.1 Å². The molecular weight excluding hydrogens is 479 g/mol. The van der Waals surface area contributed by atoms with Crippen molar-refractivity contribution in [2.24, 2.45) is 11.3 Å². The molecule has 0 heterocycles. The number of carboxylic acid groups (broad SMARTS) is 1. The zero-order chi connectivity index (χ0) is 27.4. The van der Waals surface area contributed by atoms with E-state index in [9.17, 15) is 14.3 Å². The first-order valence-corrected chi connectivity index (χ1v) is 13.5. The van der Waals surface area contributed by atoms with Crippen LogP contribution in [0.4, 0.5) is 4.39 Å². The van der Waals surface area contributed by atoms with Gasteiger partial charge in [-0.25, -0.2) is 4.39 Å². The number of rotatable bonds is 11. The molecule has 1 aliphatic carbocycles. The number of methoxy groups -OCH3 is 1. The highest BCUT2D eigenvalue weighted by Gasteiger charge is 2.28. The predicted octanol–water partition coefficient (Wildman–Crippen LogP) is 8.59. The summed E-state index contributed by atoms with van der Waals surface area (Å²) in [6.45, 7) is 9.10. The molecule has 1 aliphatic rings. The Morgan fingerprint density at radius 3 is 2.45 bits per heavy atom. The maximum absolute atomic E-state index is 14.9. The van der Waals surface area contributed by atoms with Crippen molar-refractivity contribution in [2.75, 3.05) is 7.11 Å². The lowest BCUT2D eigenvalue weighted by Gasteiger charge is -2.30. The maximum Gasteiger partial charge on any atom is 0.303 e. The van der Waals surface area contributed by atoms with E-state index >= 15 is 0 Å². The molecule has 3 aromatic rings. The molecule has 0 spiro atoms. The summed E-state index contributed by atoms with van der Waals surface area (Å²) in [5.74, 6) is 1.09. The Morgan fingerprint density at radius 1 is 1.03 bits per heavy atom. The Morgan fingerprint density at radius 2 is 1.79 bits per heavy atom. The summed E-state index contributed by atoms with van der Waals surface area (Å²) in [5, 5.41) is 9.42. The minimum absolute atomic E-state index is 0.000156. The van der Waals surface area contributed by atoms with Gasteiger partial charge in [0.2, 0.25) is 0 Å². The van der Waals surface area contributed by atoms with E-state index in [4.69, 9.17) is 9.47 Å². The van der Waals surface area contributed by atoms with Crippen LogP contribution in [0.1, 0.15) is 81.9 Å². The third-order valence-corrected chi connectivity index (χ3v) is 7.82. The van der Waals surface area contributed by atoms with E-state index in [0.29, 0.717) is 23.8 Å². The van der Waals surface area contributed by atoms with Crippen LogP contribution in [-0.2, 0) is 11.4 Å². The third kappa shape index (κ3) is 6.94. The molecule has 1 saturated carbocycles. The second kappa shape index (κ2) is 11.6. The van der Waals surface area contributed by atoms with Crippen molar-refractivity contribution >= 4 is 5.97 Å². The molecule has 202 valence electrons. The molecule has 2 atom stereocenters. The molecule has 4 nitrogen and oxygen atoms in total. The van der Waals surface area contributed by atoms with Crippen LogP contribution in [0.15, 0.2) is 60.7 Å². The van der Waals surface area contributed by atoms with E-state index in [-0.39, 0.29) is 29.5 Å². The summed E-state index contributed by atoms with van der Waals surface area (Å²) in [6.07, 6.45) is 3.43. The third-order valence-electron chi connectivity index (χ3n) is 7.82. The molecule has 0 radical (unpaired) electrons. The van der Waals surface area contributed by atoms with Crippen molar-refractivity contribution in [1.29, 1.82) is 0 Å². The van der Waals surface area contributed by atoms with Gasteiger partial charge in [-0.3, -0.25) is 4.79 Å². The van der Waals surface area contributed by atoms with Gasteiger partial charge in [0.15, 0.2) is 0 Å². The quantitative estimate of drug-likeness (QED) is 0.276. The number of benzene rings is 3. The summed E-state index contributed by atoms with van der Waals surface area (Å²) in [6, 6.07) is 18.7. The van der Waals surface area contributed by atoms with E-state index in [0.717, 1.165) is 34.4 Å². The maximum atomic E-state index is 14.9. The van der Waals surface area contributed by atoms with Gasteiger partial charge >= 0.3 is 5.97 Å². The summed E-state index contributed by atoms with van der Waals surface area (Å²) in [7, 11) is 1.58. The number of halogens is 1. The molecule has 0 amide bonds. The Balaban J connectivity index is 1.60.